The smallest absolute Gasteiger partial charge is 0.356 e. The van der Waals surface area contributed by atoms with Crippen LogP contribution >= 0.6 is 0 Å². The van der Waals surface area contributed by atoms with Crippen LogP contribution in [0.5, 0.6) is 0 Å². The van der Waals surface area contributed by atoms with E-state index in [2.05, 4.69) is 9.97 Å². The van der Waals surface area contributed by atoms with Crippen molar-refractivity contribution in [3.63, 3.8) is 0 Å². The molecule has 0 aromatic carbocycles. The van der Waals surface area contributed by atoms with E-state index in [0.29, 0.717) is 11.6 Å². The number of carboxylic acids is 1. The Balaban J connectivity index is 1.96. The van der Waals surface area contributed by atoms with E-state index in [4.69, 9.17) is 9.84 Å². The Labute approximate surface area is 103 Å². The highest BCUT2D eigenvalue weighted by atomic mass is 16.5. The zero-order chi connectivity index (χ0) is 12.5. The van der Waals surface area contributed by atoms with Gasteiger partial charge in [0.25, 0.3) is 0 Å². The standard InChI is InChI=1S/C12H13N3O3/c16-12(17)10-6-15-7-13-9(5-11(15)14-10)8-1-3-18-4-2-8/h5-8H,1-4H2,(H,16,17). The first-order valence-corrected chi connectivity index (χ1v) is 5.90. The van der Waals surface area contributed by atoms with Gasteiger partial charge in [-0.15, -0.1) is 0 Å². The van der Waals surface area contributed by atoms with Crippen LogP contribution in [0.3, 0.4) is 0 Å². The van der Waals surface area contributed by atoms with Gasteiger partial charge in [0.2, 0.25) is 0 Å². The molecule has 2 aromatic rings. The first kappa shape index (κ1) is 11.2. The third-order valence-electron chi connectivity index (χ3n) is 3.23. The summed E-state index contributed by atoms with van der Waals surface area (Å²) in [5, 5.41) is 8.89. The van der Waals surface area contributed by atoms with Gasteiger partial charge in [0.15, 0.2) is 5.69 Å². The molecule has 0 radical (unpaired) electrons. The van der Waals surface area contributed by atoms with Gasteiger partial charge in [-0.1, -0.05) is 0 Å². The average molecular weight is 247 g/mol. The molecule has 0 aliphatic carbocycles. The molecule has 6 nitrogen and oxygen atoms in total. The lowest BCUT2D eigenvalue weighted by Crippen LogP contribution is -2.15. The highest BCUT2D eigenvalue weighted by Crippen LogP contribution is 2.25. The van der Waals surface area contributed by atoms with Gasteiger partial charge < -0.3 is 9.84 Å². The van der Waals surface area contributed by atoms with Gasteiger partial charge in [0.1, 0.15) is 12.0 Å². The van der Waals surface area contributed by atoms with Crippen LogP contribution in [0.15, 0.2) is 18.6 Å². The van der Waals surface area contributed by atoms with Crippen LogP contribution in [0.2, 0.25) is 0 Å². The second-order valence-corrected chi connectivity index (χ2v) is 4.40. The number of fused-ring (bicyclic) bond motifs is 1. The fourth-order valence-electron chi connectivity index (χ4n) is 2.23. The number of aromatic carboxylic acids is 1. The van der Waals surface area contributed by atoms with Crippen LogP contribution in [-0.2, 0) is 4.74 Å². The normalized spacial score (nSPS) is 17.1. The molecule has 3 rings (SSSR count). The first-order valence-electron chi connectivity index (χ1n) is 5.90. The number of aromatic nitrogens is 3. The lowest BCUT2D eigenvalue weighted by atomic mass is 9.96. The quantitative estimate of drug-likeness (QED) is 0.866. The van der Waals surface area contributed by atoms with E-state index in [1.807, 2.05) is 6.07 Å². The molecule has 0 unspecified atom stereocenters. The van der Waals surface area contributed by atoms with Gasteiger partial charge in [-0.3, -0.25) is 4.40 Å². The van der Waals surface area contributed by atoms with Crippen LogP contribution in [0.4, 0.5) is 0 Å². The van der Waals surface area contributed by atoms with E-state index < -0.39 is 5.97 Å². The Bertz CT molecular complexity index is 587. The summed E-state index contributed by atoms with van der Waals surface area (Å²) in [4.78, 5) is 19.3. The van der Waals surface area contributed by atoms with Crippen molar-refractivity contribution >= 4 is 11.6 Å². The largest absolute Gasteiger partial charge is 0.476 e. The number of hydrogen-bond donors (Lipinski definition) is 1. The molecular formula is C12H13N3O3. The minimum atomic E-state index is -1.02. The summed E-state index contributed by atoms with van der Waals surface area (Å²) in [6, 6.07) is 1.86. The average Bonchev–Trinajstić information content (AvgIpc) is 2.82. The second-order valence-electron chi connectivity index (χ2n) is 4.40. The highest BCUT2D eigenvalue weighted by Gasteiger charge is 2.18. The molecule has 18 heavy (non-hydrogen) atoms. The number of carboxylic acid groups (broad SMARTS) is 1. The summed E-state index contributed by atoms with van der Waals surface area (Å²) in [7, 11) is 0. The topological polar surface area (TPSA) is 76.7 Å². The number of rotatable bonds is 2. The molecule has 2 aromatic heterocycles. The van der Waals surface area contributed by atoms with Crippen LogP contribution in [0, 0.1) is 0 Å². The Morgan fingerprint density at radius 3 is 2.94 bits per heavy atom. The predicted molar refractivity (Wildman–Crippen MR) is 62.7 cm³/mol. The molecule has 6 heteroatoms. The van der Waals surface area contributed by atoms with Crippen molar-refractivity contribution in [3.05, 3.63) is 30.0 Å². The molecule has 1 aliphatic heterocycles. The summed E-state index contributed by atoms with van der Waals surface area (Å²) < 4.78 is 6.95. The second kappa shape index (κ2) is 4.38. The minimum Gasteiger partial charge on any atom is -0.476 e. The van der Waals surface area contributed by atoms with Crippen molar-refractivity contribution in [2.24, 2.45) is 0 Å². The molecule has 1 saturated heterocycles. The SMILES string of the molecule is O=C(O)c1cn2cnc(C3CCOCC3)cc2n1. The van der Waals surface area contributed by atoms with E-state index >= 15 is 0 Å². The molecule has 94 valence electrons. The van der Waals surface area contributed by atoms with Gasteiger partial charge >= 0.3 is 5.97 Å². The zero-order valence-electron chi connectivity index (χ0n) is 9.74. The molecule has 3 heterocycles. The molecule has 0 spiro atoms. The van der Waals surface area contributed by atoms with Gasteiger partial charge in [0, 0.05) is 37.1 Å². The van der Waals surface area contributed by atoms with Crippen LogP contribution < -0.4 is 0 Å². The van der Waals surface area contributed by atoms with Gasteiger partial charge in [-0.05, 0) is 12.8 Å². The molecule has 1 aliphatic rings. The van der Waals surface area contributed by atoms with Crippen molar-refractivity contribution in [3.8, 4) is 0 Å². The number of ether oxygens (including phenoxy) is 1. The highest BCUT2D eigenvalue weighted by molar-refractivity contribution is 5.86. The van der Waals surface area contributed by atoms with Crippen molar-refractivity contribution in [1.82, 2.24) is 14.4 Å². The Hall–Kier alpha value is -1.95. The number of nitrogens with zero attached hydrogens (tertiary/aromatic N) is 3. The third-order valence-corrected chi connectivity index (χ3v) is 3.23. The molecule has 0 bridgehead atoms. The van der Waals surface area contributed by atoms with E-state index in [1.165, 1.54) is 6.20 Å². The fourth-order valence-corrected chi connectivity index (χ4v) is 2.23. The van der Waals surface area contributed by atoms with Crippen molar-refractivity contribution < 1.29 is 14.6 Å². The van der Waals surface area contributed by atoms with Gasteiger partial charge in [-0.25, -0.2) is 14.8 Å². The maximum atomic E-state index is 10.8. The van der Waals surface area contributed by atoms with Crippen LogP contribution in [-0.4, -0.2) is 38.7 Å². The summed E-state index contributed by atoms with van der Waals surface area (Å²) in [5.41, 5.74) is 1.64. The minimum absolute atomic E-state index is 0.0425. The lowest BCUT2D eigenvalue weighted by molar-refractivity contribution is 0.0691. The molecule has 0 atom stereocenters. The third kappa shape index (κ3) is 1.95. The van der Waals surface area contributed by atoms with Crippen molar-refractivity contribution in [2.45, 2.75) is 18.8 Å². The van der Waals surface area contributed by atoms with Crippen LogP contribution in [0.1, 0.15) is 34.9 Å². The maximum Gasteiger partial charge on any atom is 0.356 e. The Morgan fingerprint density at radius 2 is 2.22 bits per heavy atom. The van der Waals surface area contributed by atoms with E-state index in [0.717, 1.165) is 31.7 Å². The Morgan fingerprint density at radius 1 is 1.44 bits per heavy atom. The summed E-state index contributed by atoms with van der Waals surface area (Å²) >= 11 is 0. The molecule has 0 amide bonds. The van der Waals surface area contributed by atoms with E-state index in [-0.39, 0.29) is 5.69 Å². The number of carbonyl (C=O) groups is 1. The fraction of sp³-hybridized carbons (Fsp3) is 0.417. The van der Waals surface area contributed by atoms with E-state index in [9.17, 15) is 4.79 Å². The monoisotopic (exact) mass is 247 g/mol. The Kier molecular flexibility index (Phi) is 2.71. The molecule has 0 saturated carbocycles. The number of imidazole rings is 1. The first-order chi connectivity index (χ1) is 8.74. The lowest BCUT2D eigenvalue weighted by Gasteiger charge is -2.21. The predicted octanol–water partition coefficient (Wildman–Crippen LogP) is 1.32. The van der Waals surface area contributed by atoms with Crippen LogP contribution in [0.25, 0.3) is 5.65 Å². The molecule has 1 N–H and O–H groups in total. The van der Waals surface area contributed by atoms with E-state index in [1.54, 1.807) is 10.7 Å². The zero-order valence-corrected chi connectivity index (χ0v) is 9.74. The summed E-state index contributed by atoms with van der Waals surface area (Å²) in [5.74, 6) is -0.639. The molecular weight excluding hydrogens is 234 g/mol. The summed E-state index contributed by atoms with van der Waals surface area (Å²) in [6.07, 6.45) is 5.00. The van der Waals surface area contributed by atoms with Gasteiger partial charge in [-0.2, -0.15) is 0 Å². The maximum absolute atomic E-state index is 10.8. The van der Waals surface area contributed by atoms with Crippen molar-refractivity contribution in [1.29, 1.82) is 0 Å². The van der Waals surface area contributed by atoms with Gasteiger partial charge in [0.05, 0.1) is 0 Å². The summed E-state index contributed by atoms with van der Waals surface area (Å²) in [6.45, 7) is 1.51. The van der Waals surface area contributed by atoms with Crippen molar-refractivity contribution in [2.75, 3.05) is 13.2 Å². The number of hydrogen-bond acceptors (Lipinski definition) is 4. The molecule has 1 fully saturated rings.